The smallest absolute Gasteiger partial charge is 0.248 e. The standard InChI is InChI=1S/C15H26N2O2S/c1-5-11-12(18)16-14(3,6-2)13(19)17(11)10-15(20-4)8-7-9-15/h11H,5-10H2,1-4H3,(H,16,18). The summed E-state index contributed by atoms with van der Waals surface area (Å²) in [5, 5.41) is 2.93. The van der Waals surface area contributed by atoms with Gasteiger partial charge < -0.3 is 10.2 Å². The summed E-state index contributed by atoms with van der Waals surface area (Å²) in [5.41, 5.74) is -0.730. The van der Waals surface area contributed by atoms with Crippen LogP contribution < -0.4 is 5.32 Å². The zero-order valence-corrected chi connectivity index (χ0v) is 13.8. The van der Waals surface area contributed by atoms with Gasteiger partial charge in [0.2, 0.25) is 11.8 Å². The maximum absolute atomic E-state index is 12.8. The van der Waals surface area contributed by atoms with Crippen LogP contribution >= 0.6 is 11.8 Å². The maximum Gasteiger partial charge on any atom is 0.248 e. The van der Waals surface area contributed by atoms with E-state index >= 15 is 0 Å². The van der Waals surface area contributed by atoms with Gasteiger partial charge in [0.15, 0.2) is 0 Å². The fourth-order valence-corrected chi connectivity index (χ4v) is 4.11. The summed E-state index contributed by atoms with van der Waals surface area (Å²) in [6.45, 7) is 6.50. The van der Waals surface area contributed by atoms with E-state index in [0.29, 0.717) is 19.4 Å². The zero-order chi connectivity index (χ0) is 15.0. The number of carbonyl (C=O) groups excluding carboxylic acids is 2. The molecule has 2 rings (SSSR count). The number of rotatable bonds is 5. The Kier molecular flexibility index (Phi) is 4.38. The van der Waals surface area contributed by atoms with E-state index < -0.39 is 5.54 Å². The SMILES string of the molecule is CCC1C(=O)NC(C)(CC)C(=O)N1CC1(SC)CCC1. The molecule has 0 aromatic carbocycles. The Balaban J connectivity index is 2.25. The normalized spacial score (nSPS) is 32.8. The van der Waals surface area contributed by atoms with E-state index in [0.717, 1.165) is 12.8 Å². The molecule has 20 heavy (non-hydrogen) atoms. The van der Waals surface area contributed by atoms with Crippen molar-refractivity contribution in [3.05, 3.63) is 0 Å². The Morgan fingerprint density at radius 1 is 1.35 bits per heavy atom. The lowest BCUT2D eigenvalue weighted by molar-refractivity contribution is -0.155. The molecule has 1 aliphatic heterocycles. The number of carbonyl (C=O) groups is 2. The highest BCUT2D eigenvalue weighted by Gasteiger charge is 2.49. The summed E-state index contributed by atoms with van der Waals surface area (Å²) >= 11 is 1.85. The minimum atomic E-state index is -0.730. The molecule has 1 heterocycles. The number of thioether (sulfide) groups is 1. The first-order valence-corrected chi connectivity index (χ1v) is 8.82. The minimum absolute atomic E-state index is 0.00651. The molecule has 0 aromatic heterocycles. The quantitative estimate of drug-likeness (QED) is 0.846. The van der Waals surface area contributed by atoms with Gasteiger partial charge in [-0.05, 0) is 38.9 Å². The third-order valence-corrected chi connectivity index (χ3v) is 6.46. The van der Waals surface area contributed by atoms with Gasteiger partial charge in [0.25, 0.3) is 0 Å². The number of amides is 2. The highest BCUT2D eigenvalue weighted by molar-refractivity contribution is 8.00. The van der Waals surface area contributed by atoms with Crippen LogP contribution in [0.1, 0.15) is 52.9 Å². The molecule has 0 radical (unpaired) electrons. The second kappa shape index (κ2) is 5.58. The van der Waals surface area contributed by atoms with Gasteiger partial charge in [-0.2, -0.15) is 11.8 Å². The summed E-state index contributed by atoms with van der Waals surface area (Å²) < 4.78 is 0.176. The lowest BCUT2D eigenvalue weighted by atomic mass is 9.82. The van der Waals surface area contributed by atoms with Crippen molar-refractivity contribution in [1.29, 1.82) is 0 Å². The van der Waals surface area contributed by atoms with Crippen molar-refractivity contribution in [3.63, 3.8) is 0 Å². The molecule has 0 bridgehead atoms. The van der Waals surface area contributed by atoms with Gasteiger partial charge in [0, 0.05) is 11.3 Å². The predicted molar refractivity (Wildman–Crippen MR) is 82.7 cm³/mol. The van der Waals surface area contributed by atoms with Crippen LogP contribution in [-0.2, 0) is 9.59 Å². The second-order valence-electron chi connectivity index (χ2n) is 6.27. The first-order valence-electron chi connectivity index (χ1n) is 7.59. The van der Waals surface area contributed by atoms with Crippen molar-refractivity contribution in [1.82, 2.24) is 10.2 Å². The summed E-state index contributed by atoms with van der Waals surface area (Å²) in [4.78, 5) is 27.0. The van der Waals surface area contributed by atoms with Crippen molar-refractivity contribution < 1.29 is 9.59 Å². The summed E-state index contributed by atoms with van der Waals surface area (Å²) in [6.07, 6.45) is 6.97. The zero-order valence-electron chi connectivity index (χ0n) is 13.0. The van der Waals surface area contributed by atoms with Crippen LogP contribution in [0.4, 0.5) is 0 Å². The van der Waals surface area contributed by atoms with E-state index in [1.807, 2.05) is 37.4 Å². The van der Waals surface area contributed by atoms with Gasteiger partial charge in [-0.1, -0.05) is 20.3 Å². The highest BCUT2D eigenvalue weighted by atomic mass is 32.2. The third-order valence-electron chi connectivity index (χ3n) is 5.06. The lowest BCUT2D eigenvalue weighted by Gasteiger charge is -2.50. The number of hydrogen-bond donors (Lipinski definition) is 1. The lowest BCUT2D eigenvalue weighted by Crippen LogP contribution is -2.70. The molecule has 2 atom stereocenters. The molecule has 2 aliphatic rings. The first-order chi connectivity index (χ1) is 9.41. The van der Waals surface area contributed by atoms with Gasteiger partial charge in [-0.15, -0.1) is 0 Å². The van der Waals surface area contributed by atoms with Gasteiger partial charge in [-0.25, -0.2) is 0 Å². The maximum atomic E-state index is 12.8. The third kappa shape index (κ3) is 2.45. The Morgan fingerprint density at radius 2 is 2.00 bits per heavy atom. The highest BCUT2D eigenvalue weighted by Crippen LogP contribution is 2.44. The molecular weight excluding hydrogens is 272 g/mol. The summed E-state index contributed by atoms with van der Waals surface area (Å²) in [5.74, 6) is 0.0961. The molecule has 114 valence electrons. The van der Waals surface area contributed by atoms with E-state index in [9.17, 15) is 9.59 Å². The van der Waals surface area contributed by atoms with Gasteiger partial charge in [-0.3, -0.25) is 9.59 Å². The van der Waals surface area contributed by atoms with Crippen LogP contribution in [0.5, 0.6) is 0 Å². The van der Waals surface area contributed by atoms with Crippen LogP contribution in [0.2, 0.25) is 0 Å². The number of piperazine rings is 1. The number of nitrogens with one attached hydrogen (secondary N) is 1. The van der Waals surface area contributed by atoms with Crippen LogP contribution in [0, 0.1) is 0 Å². The Morgan fingerprint density at radius 3 is 2.40 bits per heavy atom. The predicted octanol–water partition coefficient (Wildman–Crippen LogP) is 2.18. The van der Waals surface area contributed by atoms with Crippen molar-refractivity contribution in [2.24, 2.45) is 0 Å². The van der Waals surface area contributed by atoms with E-state index in [4.69, 9.17) is 0 Å². The second-order valence-corrected chi connectivity index (χ2v) is 7.55. The minimum Gasteiger partial charge on any atom is -0.340 e. The number of nitrogens with zero attached hydrogens (tertiary/aromatic N) is 1. The fourth-order valence-electron chi connectivity index (χ4n) is 3.14. The molecular formula is C15H26N2O2S. The van der Waals surface area contributed by atoms with Crippen LogP contribution in [0.15, 0.2) is 0 Å². The fraction of sp³-hybridized carbons (Fsp3) is 0.867. The van der Waals surface area contributed by atoms with E-state index in [1.54, 1.807) is 0 Å². The molecule has 4 nitrogen and oxygen atoms in total. The van der Waals surface area contributed by atoms with Crippen molar-refractivity contribution >= 4 is 23.6 Å². The van der Waals surface area contributed by atoms with Crippen molar-refractivity contribution in [2.45, 2.75) is 69.2 Å². The number of hydrogen-bond acceptors (Lipinski definition) is 3. The van der Waals surface area contributed by atoms with Crippen LogP contribution in [-0.4, -0.2) is 45.8 Å². The topological polar surface area (TPSA) is 49.4 Å². The molecule has 2 unspecified atom stereocenters. The Bertz CT molecular complexity index is 403. The van der Waals surface area contributed by atoms with Gasteiger partial charge in [0.1, 0.15) is 11.6 Å². The van der Waals surface area contributed by atoms with Crippen LogP contribution in [0.25, 0.3) is 0 Å². The van der Waals surface area contributed by atoms with Gasteiger partial charge in [0.05, 0.1) is 0 Å². The first kappa shape index (κ1) is 15.7. The van der Waals surface area contributed by atoms with Crippen LogP contribution in [0.3, 0.4) is 0 Å². The molecule has 1 N–H and O–H groups in total. The van der Waals surface area contributed by atoms with Crippen molar-refractivity contribution in [2.75, 3.05) is 12.8 Å². The average molecular weight is 298 g/mol. The van der Waals surface area contributed by atoms with E-state index in [-0.39, 0.29) is 22.6 Å². The molecule has 2 amide bonds. The summed E-state index contributed by atoms with van der Waals surface area (Å²) in [7, 11) is 0. The molecule has 5 heteroatoms. The molecule has 1 aliphatic carbocycles. The largest absolute Gasteiger partial charge is 0.340 e. The molecule has 0 aromatic rings. The van der Waals surface area contributed by atoms with Gasteiger partial charge >= 0.3 is 0 Å². The molecule has 0 spiro atoms. The monoisotopic (exact) mass is 298 g/mol. The average Bonchev–Trinajstić information content (AvgIpc) is 2.39. The Hall–Kier alpha value is -0.710. The Labute approximate surface area is 126 Å². The van der Waals surface area contributed by atoms with Crippen molar-refractivity contribution in [3.8, 4) is 0 Å². The van der Waals surface area contributed by atoms with E-state index in [2.05, 4.69) is 11.6 Å². The molecule has 2 fully saturated rings. The summed E-state index contributed by atoms with van der Waals surface area (Å²) in [6, 6.07) is -0.299. The van der Waals surface area contributed by atoms with E-state index in [1.165, 1.54) is 6.42 Å². The molecule has 1 saturated carbocycles. The molecule has 1 saturated heterocycles.